The van der Waals surface area contributed by atoms with Crippen LogP contribution in [0.3, 0.4) is 0 Å². The van der Waals surface area contributed by atoms with E-state index >= 15 is 0 Å². The Bertz CT molecular complexity index is 614. The maximum atomic E-state index is 13.0. The molecule has 0 aliphatic rings. The van der Waals surface area contributed by atoms with Crippen LogP contribution >= 0.6 is 0 Å². The zero-order valence-corrected chi connectivity index (χ0v) is 16.7. The minimum atomic E-state index is -5.41. The van der Waals surface area contributed by atoms with Crippen molar-refractivity contribution < 1.29 is 83.8 Å². The summed E-state index contributed by atoms with van der Waals surface area (Å²) in [6, 6.07) is 1.67. The minimum absolute atomic E-state index is 0. The number of anilines is 1. The molecule has 0 radical (unpaired) electrons. The van der Waals surface area contributed by atoms with Gasteiger partial charge in [-0.3, -0.25) is 5.32 Å². The molecule has 5 nitrogen and oxygen atoms in total. The molecule has 0 heterocycles. The summed E-state index contributed by atoms with van der Waals surface area (Å²) in [7, 11) is 0. The van der Waals surface area contributed by atoms with Crippen LogP contribution in [0.2, 0.25) is 0 Å². The van der Waals surface area contributed by atoms with Gasteiger partial charge in [-0.1, -0.05) is 11.6 Å². The van der Waals surface area contributed by atoms with Gasteiger partial charge in [0, 0.05) is 5.69 Å². The van der Waals surface area contributed by atoms with Crippen LogP contribution in [0.1, 0.15) is 36.7 Å². The molecule has 2 N–H and O–H groups in total. The molecular weight excluding hydrogens is 341 g/mol. The minimum Gasteiger partial charge on any atom is -0.478 e. The fourth-order valence-corrected chi connectivity index (χ4v) is 1.79. The third-order valence-corrected chi connectivity index (χ3v) is 2.68. The molecule has 0 atom stereocenters. The number of carbonyl (C=O) groups is 2. The van der Waals surface area contributed by atoms with E-state index in [0.29, 0.717) is 6.07 Å². The number of ether oxygens (including phenoxy) is 1. The number of nitrogens with one attached hydrogen (secondary N) is 1. The number of halogens is 3. The van der Waals surface area contributed by atoms with Gasteiger partial charge in [0.1, 0.15) is 5.60 Å². The van der Waals surface area contributed by atoms with Gasteiger partial charge in [-0.15, -0.1) is 5.46 Å². The van der Waals surface area contributed by atoms with Crippen LogP contribution in [0, 0.1) is 6.92 Å². The van der Waals surface area contributed by atoms with Crippen molar-refractivity contribution in [3.05, 3.63) is 23.3 Å². The first-order chi connectivity index (χ1) is 9.81. The van der Waals surface area contributed by atoms with Crippen LogP contribution in [-0.4, -0.2) is 29.7 Å². The van der Waals surface area contributed by atoms with Gasteiger partial charge in [0.15, 0.2) is 0 Å². The van der Waals surface area contributed by atoms with Gasteiger partial charge in [0.25, 0.3) is 0 Å². The van der Waals surface area contributed by atoms with E-state index in [4.69, 9.17) is 9.84 Å². The summed E-state index contributed by atoms with van der Waals surface area (Å²) >= 11 is 0. The Hall–Kier alpha value is -0.549. The first kappa shape index (κ1) is 22.5. The Kier molecular flexibility index (Phi) is 7.83. The smallest absolute Gasteiger partial charge is 0.478 e. The van der Waals surface area contributed by atoms with Crippen LogP contribution in [0.5, 0.6) is 0 Å². The van der Waals surface area contributed by atoms with Crippen molar-refractivity contribution in [1.82, 2.24) is 0 Å². The van der Waals surface area contributed by atoms with Crippen molar-refractivity contribution in [3.63, 3.8) is 0 Å². The maximum Gasteiger partial charge on any atom is 1.00 e. The molecule has 1 amide bonds. The van der Waals surface area contributed by atoms with Gasteiger partial charge in [-0.2, -0.15) is 0 Å². The van der Waals surface area contributed by atoms with Crippen molar-refractivity contribution in [2.45, 2.75) is 33.3 Å². The average molecular weight is 357 g/mol. The predicted octanol–water partition coefficient (Wildman–Crippen LogP) is 0.0986. The molecule has 122 valence electrons. The molecule has 0 saturated heterocycles. The van der Waals surface area contributed by atoms with Crippen molar-refractivity contribution in [3.8, 4) is 0 Å². The standard InChI is InChI=1S/C13H16BF3NO4.K/c1-7-9(11(19)20)5-8(6-10(7)14(15,16)17)18-12(21)22-13(2,3)4;/h5-6H,1-4H3,(H,18,21)(H,19,20);/q-1;+1. The largest absolute Gasteiger partial charge is 1.00 e. The SMILES string of the molecule is Cc1c(C(=O)O)cc(NC(=O)OC(C)(C)C)cc1[B-](F)(F)F.[K+]. The zero-order chi connectivity index (χ0) is 17.3. The number of hydrogen-bond acceptors (Lipinski definition) is 3. The molecular formula is C13H16BF3KNO4. The summed E-state index contributed by atoms with van der Waals surface area (Å²) in [6.45, 7) is 0.438. The van der Waals surface area contributed by atoms with Gasteiger partial charge in [0.2, 0.25) is 0 Å². The van der Waals surface area contributed by atoms with Crippen LogP contribution in [0.25, 0.3) is 0 Å². The third kappa shape index (κ3) is 6.84. The quantitative estimate of drug-likeness (QED) is 0.753. The molecule has 10 heteroatoms. The van der Waals surface area contributed by atoms with Gasteiger partial charge < -0.3 is 22.8 Å². The molecule has 0 bridgehead atoms. The molecule has 1 aromatic carbocycles. The number of carboxylic acids is 1. The normalized spacial score (nSPS) is 11.4. The first-order valence-corrected chi connectivity index (χ1v) is 6.39. The zero-order valence-electron chi connectivity index (χ0n) is 13.5. The van der Waals surface area contributed by atoms with E-state index in [-0.39, 0.29) is 57.1 Å². The molecule has 1 aromatic rings. The summed E-state index contributed by atoms with van der Waals surface area (Å²) in [5.41, 5.74) is -3.10. The van der Waals surface area contributed by atoms with Gasteiger partial charge >= 0.3 is 70.4 Å². The van der Waals surface area contributed by atoms with Crippen LogP contribution in [0.4, 0.5) is 23.4 Å². The Balaban J connectivity index is 0.00000484. The van der Waals surface area contributed by atoms with Crippen LogP contribution < -0.4 is 62.2 Å². The second kappa shape index (κ2) is 8.02. The summed E-state index contributed by atoms with van der Waals surface area (Å²) in [6.07, 6.45) is -0.965. The Labute approximate surface area is 174 Å². The Morgan fingerprint density at radius 1 is 1.22 bits per heavy atom. The molecule has 23 heavy (non-hydrogen) atoms. The maximum absolute atomic E-state index is 13.0. The van der Waals surface area contributed by atoms with Gasteiger partial charge in [-0.25, -0.2) is 9.59 Å². The Morgan fingerprint density at radius 3 is 2.13 bits per heavy atom. The average Bonchev–Trinajstić information content (AvgIpc) is 2.26. The summed E-state index contributed by atoms with van der Waals surface area (Å²) < 4.78 is 43.9. The molecule has 0 aliphatic heterocycles. The molecule has 0 aromatic heterocycles. The van der Waals surface area contributed by atoms with Crippen molar-refractivity contribution >= 4 is 30.2 Å². The van der Waals surface area contributed by atoms with Crippen LogP contribution in [-0.2, 0) is 4.74 Å². The molecule has 0 fully saturated rings. The Morgan fingerprint density at radius 2 is 1.74 bits per heavy atom. The molecule has 0 unspecified atom stereocenters. The van der Waals surface area contributed by atoms with E-state index in [1.54, 1.807) is 20.8 Å². The summed E-state index contributed by atoms with van der Waals surface area (Å²) in [5.74, 6) is -1.51. The third-order valence-electron chi connectivity index (χ3n) is 2.68. The van der Waals surface area contributed by atoms with Gasteiger partial charge in [-0.05, 0) is 33.8 Å². The number of amides is 1. The van der Waals surface area contributed by atoms with E-state index in [9.17, 15) is 22.5 Å². The van der Waals surface area contributed by atoms with Crippen molar-refractivity contribution in [2.24, 2.45) is 0 Å². The van der Waals surface area contributed by atoms with Crippen LogP contribution in [0.15, 0.2) is 12.1 Å². The number of aromatic carboxylic acids is 1. The molecule has 0 spiro atoms. The van der Waals surface area contributed by atoms with Crippen molar-refractivity contribution in [2.75, 3.05) is 5.32 Å². The fraction of sp³-hybridized carbons (Fsp3) is 0.385. The number of carboxylic acid groups (broad SMARTS) is 1. The monoisotopic (exact) mass is 357 g/mol. The summed E-state index contributed by atoms with van der Waals surface area (Å²) in [4.78, 5) is 22.7. The fourth-order valence-electron chi connectivity index (χ4n) is 1.79. The second-order valence-corrected chi connectivity index (χ2v) is 5.74. The van der Waals surface area contributed by atoms with E-state index in [1.165, 1.54) is 0 Å². The molecule has 1 rings (SSSR count). The van der Waals surface area contributed by atoms with Gasteiger partial charge in [0.05, 0.1) is 5.56 Å². The molecule has 0 aliphatic carbocycles. The topological polar surface area (TPSA) is 75.6 Å². The number of benzene rings is 1. The van der Waals surface area contributed by atoms with Crippen molar-refractivity contribution in [1.29, 1.82) is 0 Å². The second-order valence-electron chi connectivity index (χ2n) is 5.74. The number of carbonyl (C=O) groups excluding carboxylic acids is 1. The first-order valence-electron chi connectivity index (χ1n) is 6.39. The number of hydrogen-bond donors (Lipinski definition) is 2. The predicted molar refractivity (Wildman–Crippen MR) is 76.7 cm³/mol. The molecule has 0 saturated carbocycles. The van der Waals surface area contributed by atoms with E-state index in [1.807, 2.05) is 0 Å². The van der Waals surface area contributed by atoms with E-state index in [2.05, 4.69) is 5.32 Å². The van der Waals surface area contributed by atoms with E-state index in [0.717, 1.165) is 13.0 Å². The number of rotatable bonds is 3. The summed E-state index contributed by atoms with van der Waals surface area (Å²) in [5, 5.41) is 11.1. The van der Waals surface area contributed by atoms with E-state index < -0.39 is 41.2 Å².